The van der Waals surface area contributed by atoms with Gasteiger partial charge in [-0.25, -0.2) is 0 Å². The summed E-state index contributed by atoms with van der Waals surface area (Å²) in [5, 5.41) is 5.69. The molecule has 0 bridgehead atoms. The summed E-state index contributed by atoms with van der Waals surface area (Å²) in [6.45, 7) is 6.71. The number of hydrogen-bond donors (Lipinski definition) is 1. The topological polar surface area (TPSA) is 26.0 Å². The molecule has 1 unspecified atom stereocenters. The van der Waals surface area contributed by atoms with Gasteiger partial charge in [-0.05, 0) is 28.4 Å². The van der Waals surface area contributed by atoms with Crippen molar-refractivity contribution >= 4 is 34.2 Å². The van der Waals surface area contributed by atoms with Gasteiger partial charge in [0.05, 0.1) is 0 Å². The molecule has 1 nitrogen and oxygen atoms in total. The second-order valence-corrected chi connectivity index (χ2v) is 7.80. The van der Waals surface area contributed by atoms with Gasteiger partial charge < -0.3 is 5.73 Å². The molecule has 0 saturated heterocycles. The summed E-state index contributed by atoms with van der Waals surface area (Å²) in [5.74, 6) is 0.489. The highest BCUT2D eigenvalue weighted by molar-refractivity contribution is 7.61. The fourth-order valence-corrected chi connectivity index (χ4v) is 5.58. The molecule has 2 aromatic carbocycles. The van der Waals surface area contributed by atoms with Crippen molar-refractivity contribution < 1.29 is 0 Å². The number of benzene rings is 2. The second-order valence-electron chi connectivity index (χ2n) is 5.38. The third kappa shape index (κ3) is 1.76. The van der Waals surface area contributed by atoms with Crippen LogP contribution in [0, 0.1) is 0 Å². The zero-order valence-corrected chi connectivity index (χ0v) is 12.7. The van der Waals surface area contributed by atoms with Crippen molar-refractivity contribution in [1.29, 1.82) is 0 Å². The van der Waals surface area contributed by atoms with E-state index in [-0.39, 0.29) is 7.53 Å². The minimum Gasteiger partial charge on any atom is -0.398 e. The Balaban J connectivity index is 2.52. The van der Waals surface area contributed by atoms with E-state index in [0.29, 0.717) is 5.92 Å². The van der Waals surface area contributed by atoms with E-state index in [1.54, 1.807) is 0 Å². The van der Waals surface area contributed by atoms with Gasteiger partial charge >= 0.3 is 0 Å². The maximum Gasteiger partial charge on any atom is 0.0469 e. The van der Waals surface area contributed by atoms with E-state index in [1.807, 2.05) is 0 Å². The lowest BCUT2D eigenvalue weighted by atomic mass is 9.99. The van der Waals surface area contributed by atoms with Crippen molar-refractivity contribution in [2.75, 3.05) is 5.73 Å². The summed E-state index contributed by atoms with van der Waals surface area (Å²) in [4.78, 5) is 0. The zero-order chi connectivity index (χ0) is 13.6. The van der Waals surface area contributed by atoms with E-state index in [1.165, 1.54) is 32.7 Å². The molecule has 19 heavy (non-hydrogen) atoms. The van der Waals surface area contributed by atoms with Gasteiger partial charge in [0.15, 0.2) is 0 Å². The number of anilines is 1. The van der Waals surface area contributed by atoms with E-state index in [9.17, 15) is 0 Å². The van der Waals surface area contributed by atoms with Crippen LogP contribution >= 0.6 is 7.53 Å². The molecule has 0 aliphatic rings. The summed E-state index contributed by atoms with van der Waals surface area (Å²) >= 11 is 0. The van der Waals surface area contributed by atoms with Crippen LogP contribution in [-0.2, 0) is 6.16 Å². The Labute approximate surface area is 115 Å². The van der Waals surface area contributed by atoms with Gasteiger partial charge in [0.2, 0.25) is 0 Å². The van der Waals surface area contributed by atoms with Gasteiger partial charge in [-0.15, -0.1) is 7.53 Å². The van der Waals surface area contributed by atoms with Gasteiger partial charge in [-0.3, -0.25) is 0 Å². The van der Waals surface area contributed by atoms with Crippen LogP contribution in [0.3, 0.4) is 0 Å². The predicted molar refractivity (Wildman–Crippen MR) is 88.3 cm³/mol. The third-order valence-electron chi connectivity index (χ3n) is 3.94. The minimum atomic E-state index is -0.261. The number of hydrogen-bond acceptors (Lipinski definition) is 1. The smallest absolute Gasteiger partial charge is 0.0469 e. The van der Waals surface area contributed by atoms with Crippen LogP contribution in [0.15, 0.2) is 36.4 Å². The number of nitrogen functional groups attached to an aromatic ring is 1. The molecule has 0 aliphatic heterocycles. The van der Waals surface area contributed by atoms with Crippen molar-refractivity contribution in [3.63, 3.8) is 0 Å². The maximum absolute atomic E-state index is 6.50. The molecule has 0 spiro atoms. The van der Waals surface area contributed by atoms with Crippen LogP contribution < -0.4 is 5.73 Å². The highest BCUT2D eigenvalue weighted by Crippen LogP contribution is 2.52. The summed E-state index contributed by atoms with van der Waals surface area (Å²) in [6, 6.07) is 13.3. The van der Waals surface area contributed by atoms with Crippen molar-refractivity contribution in [3.8, 4) is 0 Å². The van der Waals surface area contributed by atoms with E-state index in [4.69, 9.17) is 5.73 Å². The van der Waals surface area contributed by atoms with Crippen LogP contribution in [0.1, 0.15) is 32.3 Å². The number of nitrogens with two attached hydrogens (primary N) is 1. The van der Waals surface area contributed by atoms with Gasteiger partial charge in [0.25, 0.3) is 0 Å². The number of fused-ring (bicyclic) bond motifs is 3. The van der Waals surface area contributed by atoms with E-state index in [0.717, 1.165) is 5.69 Å². The van der Waals surface area contributed by atoms with Crippen LogP contribution in [0.25, 0.3) is 21.0 Å². The average molecular weight is 269 g/mol. The first-order valence-electron chi connectivity index (χ1n) is 6.94. The molecule has 1 aromatic heterocycles. The Morgan fingerprint density at radius 1 is 1.05 bits per heavy atom. The lowest BCUT2D eigenvalue weighted by Gasteiger charge is -2.11. The predicted octanol–water partition coefficient (Wildman–Crippen LogP) is 5.71. The average Bonchev–Trinajstić information content (AvgIpc) is 2.73. The van der Waals surface area contributed by atoms with Crippen LogP contribution in [0.2, 0.25) is 0 Å². The summed E-state index contributed by atoms with van der Waals surface area (Å²) in [5.41, 5.74) is 8.83. The van der Waals surface area contributed by atoms with Gasteiger partial charge in [-0.2, -0.15) is 0 Å². The molecule has 0 amide bonds. The standard InChI is InChI=1S/C17H20NP/c1-4-19-15-8-6-5-7-13(15)14-10-9-12(11(2)3)16(18)17(14)19/h5-11H,4,18H2,1-3H3. The van der Waals surface area contributed by atoms with Crippen molar-refractivity contribution in [2.45, 2.75) is 32.9 Å². The zero-order valence-electron chi connectivity index (χ0n) is 11.8. The molecule has 0 fully saturated rings. The van der Waals surface area contributed by atoms with Crippen molar-refractivity contribution in [3.05, 3.63) is 42.0 Å². The first-order valence-corrected chi connectivity index (χ1v) is 8.47. The molecule has 2 N–H and O–H groups in total. The minimum absolute atomic E-state index is 0.261. The molecule has 0 radical (unpaired) electrons. The molecule has 1 heterocycles. The largest absolute Gasteiger partial charge is 0.398 e. The second kappa shape index (κ2) is 4.58. The van der Waals surface area contributed by atoms with Crippen molar-refractivity contribution in [2.24, 2.45) is 0 Å². The van der Waals surface area contributed by atoms with Crippen molar-refractivity contribution in [1.82, 2.24) is 0 Å². The summed E-state index contributed by atoms with van der Waals surface area (Å²) < 4.78 is 0. The number of rotatable bonds is 2. The first kappa shape index (κ1) is 12.6. The van der Waals surface area contributed by atoms with Gasteiger partial charge in [0.1, 0.15) is 0 Å². The van der Waals surface area contributed by atoms with Gasteiger partial charge in [0, 0.05) is 15.9 Å². The normalized spacial score (nSPS) is 12.7. The molecular weight excluding hydrogens is 249 g/mol. The lowest BCUT2D eigenvalue weighted by molar-refractivity contribution is 0.872. The Morgan fingerprint density at radius 3 is 2.47 bits per heavy atom. The lowest BCUT2D eigenvalue weighted by Crippen LogP contribution is -1.96. The molecule has 3 aromatic rings. The molecule has 0 saturated carbocycles. The molecule has 0 aliphatic carbocycles. The highest BCUT2D eigenvalue weighted by Gasteiger charge is 2.15. The number of aryl methyl sites for hydroxylation is 1. The molecule has 2 heteroatoms. The Kier molecular flexibility index (Phi) is 3.03. The SMILES string of the molecule is CCp1c2ccccc2c2ccc(C(C)C)c(N)c21. The molecule has 98 valence electrons. The van der Waals surface area contributed by atoms with E-state index < -0.39 is 0 Å². The van der Waals surface area contributed by atoms with Crippen LogP contribution in [0.4, 0.5) is 5.69 Å². The van der Waals surface area contributed by atoms with E-state index >= 15 is 0 Å². The fraction of sp³-hybridized carbons (Fsp3) is 0.294. The molecule has 1 atom stereocenters. The molecule has 3 rings (SSSR count). The maximum atomic E-state index is 6.50. The highest BCUT2D eigenvalue weighted by atomic mass is 31.1. The Morgan fingerprint density at radius 2 is 1.79 bits per heavy atom. The summed E-state index contributed by atoms with van der Waals surface area (Å²) in [7, 11) is -0.261. The quantitative estimate of drug-likeness (QED) is 0.593. The van der Waals surface area contributed by atoms with Crippen LogP contribution in [-0.4, -0.2) is 0 Å². The fourth-order valence-electron chi connectivity index (χ4n) is 3.02. The molecular formula is C17H20NP. The first-order chi connectivity index (χ1) is 9.15. The summed E-state index contributed by atoms with van der Waals surface area (Å²) in [6.07, 6.45) is 1.17. The Bertz CT molecular complexity index is 753. The third-order valence-corrected chi connectivity index (χ3v) is 6.57. The Hall–Kier alpha value is -1.46. The van der Waals surface area contributed by atoms with Gasteiger partial charge in [-0.1, -0.05) is 57.2 Å². The van der Waals surface area contributed by atoms with Crippen LogP contribution in [0.5, 0.6) is 0 Å². The monoisotopic (exact) mass is 269 g/mol. The van der Waals surface area contributed by atoms with E-state index in [2.05, 4.69) is 57.2 Å².